The summed E-state index contributed by atoms with van der Waals surface area (Å²) < 4.78 is 81.2. The van der Waals surface area contributed by atoms with Crippen LogP contribution in [-0.4, -0.2) is 322 Å². The first-order chi connectivity index (χ1) is 61.8. The van der Waals surface area contributed by atoms with Crippen molar-refractivity contribution >= 4 is 125 Å². The molecular weight excluding hydrogens is 1750 g/mol. The van der Waals surface area contributed by atoms with Crippen LogP contribution in [0.3, 0.4) is 0 Å². The molecule has 3 unspecified atom stereocenters. The van der Waals surface area contributed by atoms with Gasteiger partial charge in [0.15, 0.2) is 5.83 Å². The molecule has 9 aliphatic rings. The monoisotopic (exact) mass is 1880 g/mol. The first-order valence-electron chi connectivity index (χ1n) is 45.1. The fourth-order valence-electron chi connectivity index (χ4n) is 20.3. The number of amides is 3. The topological polar surface area (TPSA) is 298 Å². The number of nitrogens with zero attached hydrogens (tertiary/aromatic N) is 20. The van der Waals surface area contributed by atoms with Gasteiger partial charge in [-0.2, -0.15) is 80.6 Å². The van der Waals surface area contributed by atoms with Crippen molar-refractivity contribution in [3.63, 3.8) is 0 Å². The molecule has 0 aliphatic carbocycles. The van der Waals surface area contributed by atoms with Gasteiger partial charge in [0.2, 0.25) is 11.8 Å². The molecular formula is C94H129F4N23O8S3. The van der Waals surface area contributed by atoms with Gasteiger partial charge >= 0.3 is 18.0 Å². The summed E-state index contributed by atoms with van der Waals surface area (Å²) in [6, 6.07) is 9.31. The molecule has 6 saturated heterocycles. The number of H-pyrrole nitrogens is 3. The fraction of sp³-hybridized carbons (Fsp3) is 0.543. The predicted molar refractivity (Wildman–Crippen MR) is 522 cm³/mol. The van der Waals surface area contributed by atoms with Crippen LogP contribution in [-0.2, 0) is 58.0 Å². The van der Waals surface area contributed by atoms with E-state index in [0.29, 0.717) is 176 Å². The minimum absolute atomic E-state index is 0. The molecule has 3 amide bonds. The first-order valence-corrected chi connectivity index (χ1v) is 45.1. The number of ether oxygens (including phenoxy) is 4. The lowest BCUT2D eigenvalue weighted by Gasteiger charge is -2.38. The number of hydrogen-bond acceptors (Lipinski definition) is 25. The number of nitrogens with one attached hydrogen (secondary N) is 3. The van der Waals surface area contributed by atoms with Crippen LogP contribution in [0.5, 0.6) is 18.0 Å². The molecule has 18 rings (SSSR count). The minimum Gasteiger partial charge on any atom is -0.462 e. The molecule has 714 valence electrons. The number of halogens is 4. The zero-order valence-electron chi connectivity index (χ0n) is 78.2. The molecule has 6 aromatic heterocycles. The van der Waals surface area contributed by atoms with Gasteiger partial charge in [0.25, 0.3) is 5.91 Å². The van der Waals surface area contributed by atoms with E-state index < -0.39 is 28.7 Å². The van der Waals surface area contributed by atoms with Crippen LogP contribution < -0.4 is 43.6 Å². The zero-order valence-corrected chi connectivity index (χ0v) is 81.2. The van der Waals surface area contributed by atoms with E-state index in [0.717, 1.165) is 123 Å². The highest BCUT2D eigenvalue weighted by Gasteiger charge is 2.44. The second-order valence-electron chi connectivity index (χ2n) is 37.1. The SMILES string of the molecule is C=C(F)C(=O)N1CCN(c2nc(OC[C@@H]3CC(C)(F)CN3C)nc3c2CCN(c2c(C)c(C)cc4[nH]ccc24)C3)CC1.COC/C=C/C(=O)N1CCN(c2nc(OC[C@@H]3CC(C)(F)CN3C)nc3c2CCN(c2c(C)c(C)cc4[nH]ncc24)C3)CC1.Cc1cc2[nH]ncc2c(N2CCc3c(nc(OC[C@@H]4CC(C)(F)CN4C)nc3N3CCN(C(=O)/C=C/CO)CC3)C2)c1C.S.S.S. The molecule has 9 aliphatic heterocycles. The van der Waals surface area contributed by atoms with Gasteiger partial charge in [-0.15, -0.1) is 0 Å². The van der Waals surface area contributed by atoms with E-state index in [1.165, 1.54) is 67.2 Å². The lowest BCUT2D eigenvalue weighted by atomic mass is 9.99. The number of fused-ring (bicyclic) bond motifs is 6. The minimum atomic E-state index is -1.25. The summed E-state index contributed by atoms with van der Waals surface area (Å²) in [5.41, 5.74) is 16.3. The summed E-state index contributed by atoms with van der Waals surface area (Å²) in [7, 11) is 7.38. The van der Waals surface area contributed by atoms with E-state index in [-0.39, 0.29) is 83.0 Å². The van der Waals surface area contributed by atoms with Crippen molar-refractivity contribution in [2.45, 2.75) is 156 Å². The molecule has 132 heavy (non-hydrogen) atoms. The van der Waals surface area contributed by atoms with Crippen LogP contribution >= 0.6 is 40.5 Å². The predicted octanol–water partition coefficient (Wildman–Crippen LogP) is 10.2. The molecule has 6 atom stereocenters. The number of hydrogen-bond donors (Lipinski definition) is 4. The highest BCUT2D eigenvalue weighted by atomic mass is 32.1. The molecule has 3 aromatic carbocycles. The number of rotatable bonds is 21. The number of aryl methyl sites for hydroxylation is 3. The van der Waals surface area contributed by atoms with Crippen molar-refractivity contribution < 1.29 is 56.0 Å². The van der Waals surface area contributed by atoms with Crippen molar-refractivity contribution in [3.8, 4) is 18.0 Å². The number of aromatic amines is 3. The summed E-state index contributed by atoms with van der Waals surface area (Å²) in [6.07, 6.45) is 15.5. The number of aliphatic hydroxyl groups is 1. The van der Waals surface area contributed by atoms with Gasteiger partial charge in [0.05, 0.1) is 84.7 Å². The Balaban J connectivity index is 0.000000166. The number of benzene rings is 3. The van der Waals surface area contributed by atoms with Crippen molar-refractivity contribution in [2.24, 2.45) is 0 Å². The third-order valence-corrected chi connectivity index (χ3v) is 27.4. The smallest absolute Gasteiger partial charge is 0.318 e. The largest absolute Gasteiger partial charge is 0.462 e. The van der Waals surface area contributed by atoms with Crippen molar-refractivity contribution in [1.29, 1.82) is 0 Å². The lowest BCUT2D eigenvalue weighted by molar-refractivity contribution is -0.129. The standard InChI is InChI=1S/C32H43FN8O3.C31H39F2N7O2.C31H41FN8O3.3H2S/c1-21-15-26-25(17-34-37-26)29(22(21)2)41-9-8-24-27(18-41)35-31(44-19-23-16-32(3,33)20-38(23)4)36-30(24)40-12-10-39(11-13-40)28(42)7-6-14-43-5;1-19-14-25-23(6-8-34-25)27(20(19)2)40-9-7-24-26(16-40)35-30(42-17-22-15-31(4,33)18-37(22)5)36-28(24)38-10-12-39(13-11-38)29(41)21(3)32;1-20-14-25-24(16-33-36-25)28(21(20)2)40-8-7-23-26(17-40)34-30(43-18-22-15-31(3,32)19-37(22)4)35-29(23)39-11-9-38(10-12-39)27(42)6-5-13-41;;;/h6-7,15,17,23H,8-14,16,18-20H2,1-5H3,(H,34,37);6,8,14,22,34H,3,7,9-13,15-18H2,1-2,4-5H3;5-6,14,16,22,41H,7-13,15,17-19H2,1-4H3,(H,33,36);3*1H2/b7-6+;;6-5+;;;/t23-,32?;2*22-,31?;;;/m000.../s1. The van der Waals surface area contributed by atoms with Gasteiger partial charge in [-0.1, -0.05) is 18.7 Å². The number of likely N-dealkylation sites (N-methyl/N-ethyl adjacent to an activating group) is 3. The van der Waals surface area contributed by atoms with Crippen LogP contribution in [0.25, 0.3) is 32.7 Å². The van der Waals surface area contributed by atoms with Crippen LogP contribution in [0.1, 0.15) is 107 Å². The van der Waals surface area contributed by atoms with Crippen LogP contribution in [0.15, 0.2) is 79.6 Å². The van der Waals surface area contributed by atoms with E-state index in [9.17, 15) is 31.9 Å². The average Bonchev–Trinajstić information content (AvgIpc) is 1.21. The first kappa shape index (κ1) is 99.3. The summed E-state index contributed by atoms with van der Waals surface area (Å²) in [4.78, 5) is 95.0. The Morgan fingerprint density at radius 2 is 0.826 bits per heavy atom. The van der Waals surface area contributed by atoms with E-state index in [4.69, 9.17) is 54.0 Å². The summed E-state index contributed by atoms with van der Waals surface area (Å²) in [5, 5.41) is 27.3. The van der Waals surface area contributed by atoms with Crippen molar-refractivity contribution in [1.82, 2.24) is 84.7 Å². The Morgan fingerprint density at radius 1 is 0.485 bits per heavy atom. The molecule has 0 saturated carbocycles. The van der Waals surface area contributed by atoms with Crippen molar-refractivity contribution in [2.75, 3.05) is 208 Å². The Morgan fingerprint density at radius 3 is 1.16 bits per heavy atom. The van der Waals surface area contributed by atoms with Gasteiger partial charge in [-0.3, -0.25) is 39.3 Å². The number of alkyl halides is 3. The number of carbonyl (C=O) groups is 3. The molecule has 15 heterocycles. The Kier molecular flexibility index (Phi) is 31.4. The number of aliphatic hydroxyl groups excluding tert-OH is 1. The highest BCUT2D eigenvalue weighted by Crippen LogP contribution is 2.43. The van der Waals surface area contributed by atoms with E-state index in [1.807, 2.05) is 59.3 Å². The molecule has 38 heteroatoms. The van der Waals surface area contributed by atoms with Gasteiger partial charge < -0.3 is 73.1 Å². The molecule has 4 N–H and O–H groups in total. The van der Waals surface area contributed by atoms with Crippen LogP contribution in [0.4, 0.5) is 52.1 Å². The molecule has 0 bridgehead atoms. The number of carbonyl (C=O) groups excluding carboxylic acids is 3. The number of anilines is 6. The van der Waals surface area contributed by atoms with Crippen LogP contribution in [0.2, 0.25) is 0 Å². The maximum absolute atomic E-state index is 14.7. The molecule has 9 aromatic rings. The normalized spacial score (nSPS) is 22.4. The van der Waals surface area contributed by atoms with Gasteiger partial charge in [0.1, 0.15) is 54.3 Å². The number of aromatic nitrogens is 11. The zero-order chi connectivity index (χ0) is 91.1. The summed E-state index contributed by atoms with van der Waals surface area (Å²) >= 11 is 0. The maximum Gasteiger partial charge on any atom is 0.318 e. The lowest BCUT2D eigenvalue weighted by Crippen LogP contribution is -2.49. The maximum atomic E-state index is 14.7. The second-order valence-corrected chi connectivity index (χ2v) is 37.1. The van der Waals surface area contributed by atoms with Gasteiger partial charge in [-0.05, 0) is 160 Å². The molecule has 31 nitrogen and oxygen atoms in total. The average molecular weight is 1880 g/mol. The molecule has 0 spiro atoms. The Hall–Kier alpha value is -10.2. The summed E-state index contributed by atoms with van der Waals surface area (Å²) in [6.45, 7) is 34.1. The summed E-state index contributed by atoms with van der Waals surface area (Å²) in [5.74, 6) is 0.803. The van der Waals surface area contributed by atoms with Crippen molar-refractivity contribution in [3.05, 3.63) is 147 Å². The third kappa shape index (κ3) is 21.7. The number of likely N-dealkylation sites (tertiary alicyclic amines) is 3. The third-order valence-electron chi connectivity index (χ3n) is 27.4. The quantitative estimate of drug-likeness (QED) is 0.0384. The van der Waals surface area contributed by atoms with E-state index >= 15 is 0 Å². The molecule has 6 fully saturated rings. The van der Waals surface area contributed by atoms with E-state index in [1.54, 1.807) is 44.9 Å². The Bertz CT molecular complexity index is 5710. The van der Waals surface area contributed by atoms with Gasteiger partial charge in [0, 0.05) is 225 Å². The van der Waals surface area contributed by atoms with Gasteiger partial charge in [-0.25, -0.2) is 17.6 Å². The van der Waals surface area contributed by atoms with E-state index in [2.05, 4.69) is 127 Å². The number of methoxy groups -OCH3 is 1. The fourth-order valence-corrected chi connectivity index (χ4v) is 20.3. The Labute approximate surface area is 790 Å². The molecule has 0 radical (unpaired) electrons. The van der Waals surface area contributed by atoms with Crippen LogP contribution in [0, 0.1) is 41.5 Å². The second kappa shape index (κ2) is 41.7. The highest BCUT2D eigenvalue weighted by molar-refractivity contribution is 7.59. The number of piperazine rings is 3.